The first kappa shape index (κ1) is 44.5. The molecule has 2 saturated heterocycles. The number of hydrogen-bond acceptors (Lipinski definition) is 10. The van der Waals surface area contributed by atoms with E-state index < -0.39 is 41.3 Å². The third kappa shape index (κ3) is 9.16. The number of rotatable bonds is 9. The molecule has 3 aliphatic rings. The van der Waals surface area contributed by atoms with Crippen LogP contribution in [0.4, 0.5) is 4.79 Å². The lowest BCUT2D eigenvalue weighted by atomic mass is 9.84. The Balaban J connectivity index is 1.32. The number of aryl methyl sites for hydroxylation is 1. The van der Waals surface area contributed by atoms with Crippen LogP contribution < -0.4 is 10.7 Å². The number of nitrogens with one attached hydrogen (secondary N) is 2. The van der Waals surface area contributed by atoms with Crippen molar-refractivity contribution in [1.29, 1.82) is 0 Å². The number of likely N-dealkylation sites (N-methyl/N-ethyl adjacent to an activating group) is 1. The molecule has 5 heterocycles. The molecule has 0 unspecified atom stereocenters. The van der Waals surface area contributed by atoms with E-state index in [1.807, 2.05) is 38.2 Å². The fraction of sp³-hybridized carbons (Fsp3) is 0.511. The maximum absolute atomic E-state index is 14.6. The number of carbonyl (C=O) groups is 4. The number of likely N-dealkylation sites (tertiary alicyclic amines) is 1. The summed E-state index contributed by atoms with van der Waals surface area (Å²) >= 11 is 0. The van der Waals surface area contributed by atoms with Crippen molar-refractivity contribution in [2.24, 2.45) is 11.3 Å². The van der Waals surface area contributed by atoms with Crippen LogP contribution in [0.15, 0.2) is 54.9 Å². The number of fused-ring (bicyclic) bond motifs is 6. The highest BCUT2D eigenvalue weighted by Gasteiger charge is 2.40. The zero-order valence-corrected chi connectivity index (χ0v) is 37.2. The Morgan fingerprint density at radius 2 is 1.87 bits per heavy atom. The van der Waals surface area contributed by atoms with E-state index in [-0.39, 0.29) is 36.8 Å². The van der Waals surface area contributed by atoms with Gasteiger partial charge in [-0.15, -0.1) is 0 Å². The largest absolute Gasteiger partial charge is 0.508 e. The summed E-state index contributed by atoms with van der Waals surface area (Å²) in [4.78, 5) is 63.9. The van der Waals surface area contributed by atoms with Gasteiger partial charge in [0.25, 0.3) is 5.91 Å². The maximum atomic E-state index is 14.6. The zero-order valence-electron chi connectivity index (χ0n) is 37.2. The quantitative estimate of drug-likeness (QED) is 0.188. The molecule has 2 aromatic heterocycles. The summed E-state index contributed by atoms with van der Waals surface area (Å²) in [5, 5.41) is 16.7. The van der Waals surface area contributed by atoms with E-state index in [0.29, 0.717) is 57.6 Å². The van der Waals surface area contributed by atoms with Gasteiger partial charge in [-0.3, -0.25) is 24.4 Å². The molecule has 2 aromatic carbocycles. The predicted octanol–water partition coefficient (Wildman–Crippen LogP) is 5.30. The average Bonchev–Trinajstić information content (AvgIpc) is 3.52. The molecule has 15 nitrogen and oxygen atoms in total. The first-order valence-electron chi connectivity index (χ1n) is 21.6. The molecule has 2 fully saturated rings. The van der Waals surface area contributed by atoms with Gasteiger partial charge in [-0.25, -0.2) is 10.2 Å². The van der Waals surface area contributed by atoms with E-state index in [1.165, 1.54) is 9.91 Å². The summed E-state index contributed by atoms with van der Waals surface area (Å²) in [5.41, 5.74) is 9.85. The van der Waals surface area contributed by atoms with Gasteiger partial charge in [-0.05, 0) is 90.3 Å². The van der Waals surface area contributed by atoms with E-state index in [0.717, 1.165) is 44.4 Å². The number of hydrazine groups is 1. The second-order valence-corrected chi connectivity index (χ2v) is 18.0. The fourth-order valence-electron chi connectivity index (χ4n) is 9.20. The Morgan fingerprint density at radius 1 is 1.10 bits per heavy atom. The Kier molecular flexibility index (Phi) is 13.3. The van der Waals surface area contributed by atoms with Crippen LogP contribution in [-0.2, 0) is 54.6 Å². The van der Waals surface area contributed by atoms with Crippen molar-refractivity contribution >= 4 is 34.7 Å². The van der Waals surface area contributed by atoms with E-state index in [1.54, 1.807) is 44.5 Å². The number of amides is 4. The molecule has 0 saturated carbocycles. The van der Waals surface area contributed by atoms with Crippen LogP contribution in [0.25, 0.3) is 33.3 Å². The minimum atomic E-state index is -1.13. The van der Waals surface area contributed by atoms with Gasteiger partial charge in [0.15, 0.2) is 0 Å². The summed E-state index contributed by atoms with van der Waals surface area (Å²) in [6.45, 7) is 12.3. The Morgan fingerprint density at radius 3 is 2.58 bits per heavy atom. The SMILES string of the molecule is CCn1c(-c2cnccc2COC)c2c3cc(ccc31)-c1cc(O)cc(c1)C[C@H](NC(=O)[C@H](C(C)C)N(C)C(=O)N1CC(OC)C1)C(=O)N1CCC[C@H](N1)C(=O)OCC(C)(C)C2. The van der Waals surface area contributed by atoms with Crippen LogP contribution >= 0.6 is 0 Å². The van der Waals surface area contributed by atoms with Crippen molar-refractivity contribution in [2.45, 2.75) is 97.7 Å². The van der Waals surface area contributed by atoms with Gasteiger partial charge in [-0.2, -0.15) is 0 Å². The molecule has 6 bridgehead atoms. The zero-order chi connectivity index (χ0) is 44.5. The topological polar surface area (TPSA) is 168 Å². The lowest BCUT2D eigenvalue weighted by Crippen LogP contribution is -2.64. The van der Waals surface area contributed by atoms with Gasteiger partial charge < -0.3 is 39.0 Å². The highest BCUT2D eigenvalue weighted by Crippen LogP contribution is 2.41. The highest BCUT2D eigenvalue weighted by molar-refractivity contribution is 5.96. The summed E-state index contributed by atoms with van der Waals surface area (Å²) < 4.78 is 19.4. The van der Waals surface area contributed by atoms with Crippen LogP contribution in [0.2, 0.25) is 0 Å². The number of aromatic nitrogens is 2. The summed E-state index contributed by atoms with van der Waals surface area (Å²) in [5.74, 6) is -1.70. The first-order valence-corrected chi connectivity index (χ1v) is 21.6. The Hall–Kier alpha value is -5.51. The van der Waals surface area contributed by atoms with Crippen LogP contribution in [0.3, 0.4) is 0 Å². The lowest BCUT2D eigenvalue weighted by molar-refractivity contribution is -0.155. The van der Waals surface area contributed by atoms with Gasteiger partial charge >= 0.3 is 12.0 Å². The number of ether oxygens (including phenoxy) is 3. The second-order valence-electron chi connectivity index (χ2n) is 18.0. The molecule has 0 spiro atoms. The molecule has 0 radical (unpaired) electrons. The number of esters is 1. The minimum absolute atomic E-state index is 0.00507. The van der Waals surface area contributed by atoms with E-state index in [2.05, 4.69) is 53.2 Å². The van der Waals surface area contributed by atoms with Crippen LogP contribution in [0.1, 0.15) is 64.2 Å². The first-order chi connectivity index (χ1) is 29.6. The molecule has 4 aromatic rings. The number of aromatic hydroxyl groups is 1. The smallest absolute Gasteiger partial charge is 0.324 e. The number of hydrogen-bond donors (Lipinski definition) is 3. The van der Waals surface area contributed by atoms with E-state index in [4.69, 9.17) is 14.2 Å². The lowest BCUT2D eigenvalue weighted by Gasteiger charge is -2.42. The van der Waals surface area contributed by atoms with Crippen LogP contribution in [0, 0.1) is 11.3 Å². The van der Waals surface area contributed by atoms with E-state index in [9.17, 15) is 24.3 Å². The number of methoxy groups -OCH3 is 2. The number of urea groups is 1. The van der Waals surface area contributed by atoms with Crippen LogP contribution in [-0.4, -0.2) is 125 Å². The number of pyridine rings is 1. The third-order valence-corrected chi connectivity index (χ3v) is 12.4. The molecule has 7 rings (SSSR count). The number of carbonyl (C=O) groups excluding carboxylic acids is 4. The maximum Gasteiger partial charge on any atom is 0.324 e. The normalized spacial score (nSPS) is 20.1. The molecular formula is C47H61N7O8. The summed E-state index contributed by atoms with van der Waals surface area (Å²) in [6, 6.07) is 10.3. The summed E-state index contributed by atoms with van der Waals surface area (Å²) in [6.07, 6.45) is 5.15. The molecule has 3 N–H and O–H groups in total. The number of cyclic esters (lactones) is 1. The monoisotopic (exact) mass is 851 g/mol. The highest BCUT2D eigenvalue weighted by atomic mass is 16.5. The molecular weight excluding hydrogens is 791 g/mol. The fourth-order valence-corrected chi connectivity index (χ4v) is 9.20. The van der Waals surface area contributed by atoms with Gasteiger partial charge in [0.2, 0.25) is 5.91 Å². The third-order valence-electron chi connectivity index (χ3n) is 12.4. The number of phenolic OH excluding ortho intramolecular Hbond substituents is 1. The van der Waals surface area contributed by atoms with Crippen molar-refractivity contribution in [3.05, 3.63) is 71.5 Å². The molecule has 4 amide bonds. The van der Waals surface area contributed by atoms with Crippen molar-refractivity contribution in [2.75, 3.05) is 47.5 Å². The predicted molar refractivity (Wildman–Crippen MR) is 235 cm³/mol. The molecule has 15 heteroatoms. The van der Waals surface area contributed by atoms with Gasteiger partial charge in [-0.1, -0.05) is 39.8 Å². The number of nitrogens with zero attached hydrogens (tertiary/aromatic N) is 5. The molecule has 3 aliphatic heterocycles. The standard InChI is InChI=1S/C47H61N7O8/c1-9-53-40-13-12-30-21-35(40)36(42(53)37-23-48-15-14-31(37)26-60-7)22-47(4,5)27-62-45(58)38-11-10-16-54(50-38)44(57)39(19-29-17-32(30)20-33(55)18-29)49-43(56)41(28(2)3)51(6)46(59)52-24-34(25-52)61-8/h12-15,17-18,20-21,23,28,34,38-39,41,50,55H,9-11,16,19,22,24-27H2,1-8H3,(H,49,56)/t38-,39-,41-/m0/s1. The van der Waals surface area contributed by atoms with E-state index >= 15 is 0 Å². The van der Waals surface area contributed by atoms with Crippen molar-refractivity contribution in [1.82, 2.24) is 35.1 Å². The second kappa shape index (κ2) is 18.5. The molecule has 0 aliphatic carbocycles. The van der Waals surface area contributed by atoms with Gasteiger partial charge in [0, 0.05) is 75.1 Å². The summed E-state index contributed by atoms with van der Waals surface area (Å²) in [7, 11) is 4.87. The van der Waals surface area contributed by atoms with Crippen LogP contribution in [0.5, 0.6) is 5.75 Å². The van der Waals surface area contributed by atoms with Crippen molar-refractivity contribution in [3.63, 3.8) is 0 Å². The Bertz CT molecular complexity index is 2320. The Labute approximate surface area is 363 Å². The number of benzene rings is 2. The molecule has 332 valence electrons. The molecule has 3 atom stereocenters. The molecule has 62 heavy (non-hydrogen) atoms. The average molecular weight is 852 g/mol. The van der Waals surface area contributed by atoms with Gasteiger partial charge in [0.1, 0.15) is 23.9 Å². The minimum Gasteiger partial charge on any atom is -0.508 e. The van der Waals surface area contributed by atoms with Gasteiger partial charge in [0.05, 0.1) is 38.1 Å². The van der Waals surface area contributed by atoms with Crippen molar-refractivity contribution in [3.8, 4) is 28.1 Å². The number of phenols is 1. The van der Waals surface area contributed by atoms with Crippen molar-refractivity contribution < 1.29 is 38.5 Å².